The molecule has 7 heteroatoms. The van der Waals surface area contributed by atoms with E-state index < -0.39 is 0 Å². The summed E-state index contributed by atoms with van der Waals surface area (Å²) in [7, 11) is 0. The largest absolute Gasteiger partial charge is 0.457 e. The van der Waals surface area contributed by atoms with Crippen LogP contribution < -0.4 is 14.5 Å². The quantitative estimate of drug-likeness (QED) is 0.160. The third-order valence-electron chi connectivity index (χ3n) is 14.7. The molecule has 0 N–H and O–H groups in total. The molecule has 0 atom stereocenters. The van der Waals surface area contributed by atoms with Crippen LogP contribution in [0.5, 0.6) is 11.5 Å². The van der Waals surface area contributed by atoms with Crippen molar-refractivity contribution in [2.24, 2.45) is 0 Å². The fourth-order valence-corrected chi connectivity index (χ4v) is 10.8. The zero-order chi connectivity index (χ0) is 50.6. The zero-order valence-corrected chi connectivity index (χ0v) is 43.1. The standard InChI is InChI=1S/C66H60FN5O/c1-64(2,3)43-31-32-68-62(37-43)72-59-30-27-46(67)38-56(59)55-29-28-51(40-61(55)72)73-50-20-15-18-47(39-50)69-41-70(49-35-44(65(4,5)6)34-45(36-49)66(7,8)9)63-52(23-16-26-60(63)69)42-17-14-19-48(33-42)71-57-24-12-10-21-53(57)54-22-11-13-25-58(54)71/h10-40H,41H2,1-9H3. The molecule has 0 saturated heterocycles. The highest BCUT2D eigenvalue weighted by Gasteiger charge is 2.33. The Morgan fingerprint density at radius 2 is 1.07 bits per heavy atom. The van der Waals surface area contributed by atoms with Crippen molar-refractivity contribution in [1.29, 1.82) is 0 Å². The van der Waals surface area contributed by atoms with E-state index >= 15 is 0 Å². The van der Waals surface area contributed by atoms with Gasteiger partial charge in [0.25, 0.3) is 0 Å². The molecule has 4 heterocycles. The van der Waals surface area contributed by atoms with Gasteiger partial charge < -0.3 is 19.1 Å². The molecule has 6 nitrogen and oxygen atoms in total. The van der Waals surface area contributed by atoms with Crippen molar-refractivity contribution in [2.45, 2.75) is 78.6 Å². The normalized spacial score (nSPS) is 13.2. The van der Waals surface area contributed by atoms with Gasteiger partial charge in [-0.25, -0.2) is 9.37 Å². The molecule has 0 radical (unpaired) electrons. The van der Waals surface area contributed by atoms with Crippen molar-refractivity contribution in [3.05, 3.63) is 211 Å². The van der Waals surface area contributed by atoms with Gasteiger partial charge in [0, 0.05) is 62.5 Å². The first-order chi connectivity index (χ1) is 35.0. The molecule has 0 unspecified atom stereocenters. The van der Waals surface area contributed by atoms with Crippen molar-refractivity contribution >= 4 is 66.4 Å². The lowest BCUT2D eigenvalue weighted by Crippen LogP contribution is -2.25. The van der Waals surface area contributed by atoms with E-state index in [1.807, 2.05) is 36.5 Å². The molecule has 0 saturated carbocycles. The van der Waals surface area contributed by atoms with Crippen LogP contribution in [0.15, 0.2) is 188 Å². The number of halogens is 1. The lowest BCUT2D eigenvalue weighted by atomic mass is 9.80. The summed E-state index contributed by atoms with van der Waals surface area (Å²) in [5.41, 5.74) is 15.5. The average Bonchev–Trinajstić information content (AvgIpc) is 4.04. The number of rotatable bonds is 7. The maximum absolute atomic E-state index is 14.9. The van der Waals surface area contributed by atoms with Crippen LogP contribution in [0.2, 0.25) is 0 Å². The molecule has 0 spiro atoms. The number of hydrogen-bond donors (Lipinski definition) is 0. The maximum atomic E-state index is 14.9. The summed E-state index contributed by atoms with van der Waals surface area (Å²) >= 11 is 0. The van der Waals surface area contributed by atoms with Gasteiger partial charge in [-0.3, -0.25) is 4.57 Å². The monoisotopic (exact) mass is 957 g/mol. The summed E-state index contributed by atoms with van der Waals surface area (Å²) in [6.07, 6.45) is 1.86. The fourth-order valence-electron chi connectivity index (χ4n) is 10.8. The van der Waals surface area contributed by atoms with Crippen LogP contribution >= 0.6 is 0 Å². The second-order valence-electron chi connectivity index (χ2n) is 22.8. The summed E-state index contributed by atoms with van der Waals surface area (Å²) in [5, 5.41) is 4.23. The number of nitrogens with zero attached hydrogens (tertiary/aromatic N) is 5. The molecule has 12 rings (SSSR count). The van der Waals surface area contributed by atoms with E-state index in [-0.39, 0.29) is 22.1 Å². The van der Waals surface area contributed by atoms with Crippen LogP contribution in [0.1, 0.15) is 79.0 Å². The van der Waals surface area contributed by atoms with Gasteiger partial charge in [0.2, 0.25) is 0 Å². The first-order valence-corrected chi connectivity index (χ1v) is 25.4. The van der Waals surface area contributed by atoms with Crippen molar-refractivity contribution in [2.75, 3.05) is 16.5 Å². The van der Waals surface area contributed by atoms with Gasteiger partial charge in [0.1, 0.15) is 29.8 Å². The van der Waals surface area contributed by atoms with Crippen LogP contribution in [0, 0.1) is 5.82 Å². The number of fused-ring (bicyclic) bond motifs is 7. The third-order valence-corrected chi connectivity index (χ3v) is 14.7. The highest BCUT2D eigenvalue weighted by molar-refractivity contribution is 6.10. The molecule has 3 aromatic heterocycles. The fraction of sp³-hybridized carbons (Fsp3) is 0.197. The van der Waals surface area contributed by atoms with E-state index in [1.54, 1.807) is 6.07 Å². The molecule has 8 aromatic carbocycles. The first-order valence-electron chi connectivity index (χ1n) is 25.4. The van der Waals surface area contributed by atoms with Gasteiger partial charge in [0.05, 0.1) is 33.4 Å². The Balaban J connectivity index is 0.979. The Labute approximate surface area is 427 Å². The Hall–Kier alpha value is -8.16. The lowest BCUT2D eigenvalue weighted by Gasteiger charge is -2.30. The Morgan fingerprint density at radius 1 is 0.438 bits per heavy atom. The predicted molar refractivity (Wildman–Crippen MR) is 303 cm³/mol. The molecular weight excluding hydrogens is 898 g/mol. The van der Waals surface area contributed by atoms with Crippen LogP contribution in [0.3, 0.4) is 0 Å². The van der Waals surface area contributed by atoms with Crippen molar-refractivity contribution in [3.63, 3.8) is 0 Å². The molecule has 11 aromatic rings. The number of anilines is 4. The summed E-state index contributed by atoms with van der Waals surface area (Å²) in [4.78, 5) is 9.77. The molecule has 0 aliphatic carbocycles. The lowest BCUT2D eigenvalue weighted by molar-refractivity contribution is 0.483. The highest BCUT2D eigenvalue weighted by atomic mass is 19.1. The number of aromatic nitrogens is 3. The third kappa shape index (κ3) is 8.08. The van der Waals surface area contributed by atoms with Crippen LogP contribution in [0.4, 0.5) is 27.1 Å². The Kier molecular flexibility index (Phi) is 10.7. The molecule has 0 bridgehead atoms. The summed E-state index contributed by atoms with van der Waals surface area (Å²) in [6, 6.07) is 63.9. The van der Waals surface area contributed by atoms with Crippen LogP contribution in [0.25, 0.3) is 66.2 Å². The second kappa shape index (κ2) is 17.0. The minimum absolute atomic E-state index is 0.0688. The van der Waals surface area contributed by atoms with Gasteiger partial charge in [-0.2, -0.15) is 0 Å². The topological polar surface area (TPSA) is 38.5 Å². The molecule has 362 valence electrons. The van der Waals surface area contributed by atoms with Gasteiger partial charge in [0.15, 0.2) is 0 Å². The zero-order valence-electron chi connectivity index (χ0n) is 43.1. The van der Waals surface area contributed by atoms with Crippen molar-refractivity contribution < 1.29 is 9.13 Å². The van der Waals surface area contributed by atoms with E-state index in [2.05, 4.69) is 221 Å². The number of pyridine rings is 1. The van der Waals surface area contributed by atoms with Crippen LogP contribution in [-0.2, 0) is 16.2 Å². The van der Waals surface area contributed by atoms with E-state index in [0.29, 0.717) is 18.2 Å². The van der Waals surface area contributed by atoms with E-state index in [1.165, 1.54) is 39.0 Å². The summed E-state index contributed by atoms with van der Waals surface area (Å²) < 4.78 is 26.2. The molecule has 1 aliphatic heterocycles. The highest BCUT2D eigenvalue weighted by Crippen LogP contribution is 2.51. The van der Waals surface area contributed by atoms with Gasteiger partial charge in [-0.05, 0) is 136 Å². The number of hydrogen-bond acceptors (Lipinski definition) is 4. The Bertz CT molecular complexity index is 3880. The van der Waals surface area contributed by atoms with Crippen molar-refractivity contribution in [1.82, 2.24) is 14.1 Å². The molecule has 73 heavy (non-hydrogen) atoms. The number of ether oxygens (including phenoxy) is 1. The number of para-hydroxylation sites is 3. The minimum Gasteiger partial charge on any atom is -0.457 e. The average molecular weight is 958 g/mol. The smallest absolute Gasteiger partial charge is 0.137 e. The van der Waals surface area contributed by atoms with Gasteiger partial charge in [-0.15, -0.1) is 0 Å². The number of benzene rings is 8. The Morgan fingerprint density at radius 3 is 1.78 bits per heavy atom. The molecule has 0 amide bonds. The summed E-state index contributed by atoms with van der Waals surface area (Å²) in [6.45, 7) is 21.0. The van der Waals surface area contributed by atoms with E-state index in [9.17, 15) is 4.39 Å². The maximum Gasteiger partial charge on any atom is 0.137 e. The minimum atomic E-state index is -0.279. The van der Waals surface area contributed by atoms with Crippen LogP contribution in [-0.4, -0.2) is 20.8 Å². The van der Waals surface area contributed by atoms with E-state index in [4.69, 9.17) is 9.72 Å². The second-order valence-corrected chi connectivity index (χ2v) is 22.8. The van der Waals surface area contributed by atoms with Gasteiger partial charge in [-0.1, -0.05) is 135 Å². The van der Waals surface area contributed by atoms with Crippen molar-refractivity contribution in [3.8, 4) is 34.1 Å². The molecular formula is C66H60FN5O. The summed E-state index contributed by atoms with van der Waals surface area (Å²) in [5.74, 6) is 1.87. The van der Waals surface area contributed by atoms with E-state index in [0.717, 1.165) is 72.8 Å². The molecule has 0 fully saturated rings. The first kappa shape index (κ1) is 45.9. The molecule has 1 aliphatic rings. The predicted octanol–water partition coefficient (Wildman–Crippen LogP) is 18.0. The SMILES string of the molecule is CC(C)(C)c1cc(N2CN(c3cccc(Oc4ccc5c6cc(F)ccc6n(-c6cc(C(C)(C)C)ccn6)c5c4)c3)c3cccc(-c4cccc(-n5c6ccccc6c6ccccc65)c4)c32)cc(C(C)(C)C)c1. The van der Waals surface area contributed by atoms with Gasteiger partial charge >= 0.3 is 0 Å².